The highest BCUT2D eigenvalue weighted by atomic mass is 32.2. The molecule has 0 radical (unpaired) electrons. The van der Waals surface area contributed by atoms with Crippen LogP contribution in [0.15, 0.2) is 46.0 Å². The number of urea groups is 1. The molecule has 1 N–H and O–H groups in total. The summed E-state index contributed by atoms with van der Waals surface area (Å²) in [6.07, 6.45) is 0. The van der Waals surface area contributed by atoms with Gasteiger partial charge in [-0.2, -0.15) is 11.3 Å². The van der Waals surface area contributed by atoms with E-state index in [-0.39, 0.29) is 23.7 Å². The fourth-order valence-corrected chi connectivity index (χ4v) is 5.58. The van der Waals surface area contributed by atoms with E-state index in [4.69, 9.17) is 9.47 Å². The number of carbonyl (C=O) groups is 3. The summed E-state index contributed by atoms with van der Waals surface area (Å²) in [5.74, 6) is -2.20. The van der Waals surface area contributed by atoms with E-state index in [2.05, 4.69) is 5.32 Å². The first-order chi connectivity index (χ1) is 14.7. The van der Waals surface area contributed by atoms with E-state index >= 15 is 0 Å². The lowest BCUT2D eigenvalue weighted by Crippen LogP contribution is -2.60. The number of carbonyl (C=O) groups excluding carboxylic acids is 3. The van der Waals surface area contributed by atoms with E-state index in [1.807, 2.05) is 0 Å². The summed E-state index contributed by atoms with van der Waals surface area (Å²) in [6.45, 7) is 4.69. The summed E-state index contributed by atoms with van der Waals surface area (Å²) in [7, 11) is -4.44. The van der Waals surface area contributed by atoms with Crippen LogP contribution in [0, 0.1) is 6.92 Å². The number of hydrogen-bond acceptors (Lipinski definition) is 8. The van der Waals surface area contributed by atoms with Gasteiger partial charge in [-0.25, -0.2) is 27.1 Å². The van der Waals surface area contributed by atoms with Crippen molar-refractivity contribution in [2.75, 3.05) is 13.2 Å². The molecule has 0 bridgehead atoms. The zero-order valence-electron chi connectivity index (χ0n) is 17.2. The number of esters is 2. The molecule has 2 heterocycles. The quantitative estimate of drug-likeness (QED) is 0.491. The molecule has 166 valence electrons. The summed E-state index contributed by atoms with van der Waals surface area (Å²) in [5, 5.41) is 5.49. The molecule has 3 rings (SSSR count). The van der Waals surface area contributed by atoms with Crippen LogP contribution < -0.4 is 5.32 Å². The summed E-state index contributed by atoms with van der Waals surface area (Å²) < 4.78 is 37.6. The van der Waals surface area contributed by atoms with Crippen molar-refractivity contribution in [3.05, 3.63) is 52.2 Å². The molecule has 1 fully saturated rings. The second kappa shape index (κ2) is 8.67. The molecular weight excluding hydrogens is 444 g/mol. The Labute approximate surface area is 184 Å². The van der Waals surface area contributed by atoms with Gasteiger partial charge in [0.1, 0.15) is 6.04 Å². The molecule has 1 saturated heterocycles. The normalized spacial score (nSPS) is 17.8. The van der Waals surface area contributed by atoms with E-state index in [0.29, 0.717) is 4.31 Å². The first kappa shape index (κ1) is 22.8. The number of nitrogens with zero attached hydrogens (tertiary/aromatic N) is 1. The maximum absolute atomic E-state index is 13.5. The van der Waals surface area contributed by atoms with Gasteiger partial charge in [0.15, 0.2) is 0 Å². The Morgan fingerprint density at radius 2 is 1.68 bits per heavy atom. The Balaban J connectivity index is 2.25. The standard InChI is InChI=1S/C20H22N2O7S2/c1-4-28-17(23)20(18(24)29-5-2)16(14-10-11-30-12-14)22(19(25)21-20)31(26,27)15-8-6-13(3)7-9-15/h6-12,16H,4-5H2,1-3H3,(H,21,25)/t16-/m1/s1. The Morgan fingerprint density at radius 3 is 2.16 bits per heavy atom. The van der Waals surface area contributed by atoms with Crippen molar-refractivity contribution in [3.63, 3.8) is 0 Å². The van der Waals surface area contributed by atoms with Crippen molar-refractivity contribution >= 4 is 39.3 Å². The lowest BCUT2D eigenvalue weighted by atomic mass is 9.87. The molecule has 1 aromatic carbocycles. The molecule has 1 aliphatic heterocycles. The van der Waals surface area contributed by atoms with E-state index in [1.54, 1.807) is 35.9 Å². The average molecular weight is 467 g/mol. The summed E-state index contributed by atoms with van der Waals surface area (Å²) in [4.78, 5) is 38.9. The van der Waals surface area contributed by atoms with Gasteiger partial charge in [0, 0.05) is 0 Å². The molecular formula is C20H22N2O7S2. The third-order valence-electron chi connectivity index (χ3n) is 4.78. The molecule has 31 heavy (non-hydrogen) atoms. The molecule has 2 amide bonds. The minimum atomic E-state index is -4.44. The highest BCUT2D eigenvalue weighted by molar-refractivity contribution is 7.89. The summed E-state index contributed by atoms with van der Waals surface area (Å²) >= 11 is 1.22. The zero-order chi connectivity index (χ0) is 22.8. The SMILES string of the molecule is CCOC(=O)C1(C(=O)OCC)NC(=O)N(S(=O)(=O)c2ccc(C)cc2)[C@@H]1c1ccsc1. The van der Waals surface area contributed by atoms with Gasteiger partial charge in [0.2, 0.25) is 0 Å². The molecule has 11 heteroatoms. The Hall–Kier alpha value is -2.92. The highest BCUT2D eigenvalue weighted by Crippen LogP contribution is 2.43. The van der Waals surface area contributed by atoms with Crippen LogP contribution in [0.1, 0.15) is 31.0 Å². The van der Waals surface area contributed by atoms with Crippen molar-refractivity contribution in [2.24, 2.45) is 0 Å². The van der Waals surface area contributed by atoms with Gasteiger partial charge in [-0.05, 0) is 55.3 Å². The van der Waals surface area contributed by atoms with Crippen LogP contribution in [0.4, 0.5) is 4.79 Å². The predicted molar refractivity (Wildman–Crippen MR) is 112 cm³/mol. The number of sulfonamides is 1. The number of nitrogens with one attached hydrogen (secondary N) is 1. The van der Waals surface area contributed by atoms with Crippen LogP contribution in [0.3, 0.4) is 0 Å². The van der Waals surface area contributed by atoms with Crippen molar-refractivity contribution in [3.8, 4) is 0 Å². The largest absolute Gasteiger partial charge is 0.464 e. The van der Waals surface area contributed by atoms with Crippen molar-refractivity contribution in [2.45, 2.75) is 37.2 Å². The van der Waals surface area contributed by atoms with Crippen LogP contribution in [0.25, 0.3) is 0 Å². The maximum Gasteiger partial charge on any atom is 0.346 e. The van der Waals surface area contributed by atoms with E-state index < -0.39 is 39.6 Å². The van der Waals surface area contributed by atoms with Gasteiger partial charge >= 0.3 is 18.0 Å². The maximum atomic E-state index is 13.5. The molecule has 1 aromatic heterocycles. The van der Waals surface area contributed by atoms with Gasteiger partial charge in [-0.1, -0.05) is 17.7 Å². The molecule has 9 nitrogen and oxygen atoms in total. The average Bonchev–Trinajstić information content (AvgIpc) is 3.35. The number of thiophene rings is 1. The Morgan fingerprint density at radius 1 is 1.10 bits per heavy atom. The zero-order valence-corrected chi connectivity index (χ0v) is 18.8. The first-order valence-electron chi connectivity index (χ1n) is 9.49. The molecule has 2 aromatic rings. The van der Waals surface area contributed by atoms with E-state index in [9.17, 15) is 22.8 Å². The van der Waals surface area contributed by atoms with Gasteiger partial charge in [-0.3, -0.25) is 0 Å². The van der Waals surface area contributed by atoms with E-state index in [1.165, 1.54) is 37.3 Å². The number of amides is 2. The Kier molecular flexibility index (Phi) is 6.37. The van der Waals surface area contributed by atoms with Crippen molar-refractivity contribution in [1.82, 2.24) is 9.62 Å². The summed E-state index contributed by atoms with van der Waals surface area (Å²) in [5.41, 5.74) is -1.28. The van der Waals surface area contributed by atoms with Crippen LogP contribution in [0.5, 0.6) is 0 Å². The number of aryl methyl sites for hydroxylation is 1. The summed E-state index contributed by atoms with van der Waals surface area (Å²) in [6, 6.07) is 4.78. The number of hydrogen-bond donors (Lipinski definition) is 1. The minimum absolute atomic E-state index is 0.0864. The second-order valence-corrected chi connectivity index (χ2v) is 9.35. The number of rotatable bonds is 7. The van der Waals surface area contributed by atoms with Crippen molar-refractivity contribution < 1.29 is 32.3 Å². The highest BCUT2D eigenvalue weighted by Gasteiger charge is 2.67. The fraction of sp³-hybridized carbons (Fsp3) is 0.350. The lowest BCUT2D eigenvalue weighted by molar-refractivity contribution is -0.166. The monoisotopic (exact) mass is 466 g/mol. The van der Waals surface area contributed by atoms with Gasteiger partial charge in [0.25, 0.3) is 15.6 Å². The second-order valence-electron chi connectivity index (χ2n) is 6.75. The topological polar surface area (TPSA) is 119 Å². The van der Waals surface area contributed by atoms with E-state index in [0.717, 1.165) is 5.56 Å². The molecule has 0 aliphatic carbocycles. The number of benzene rings is 1. The first-order valence-corrected chi connectivity index (χ1v) is 11.9. The minimum Gasteiger partial charge on any atom is -0.464 e. The molecule has 0 saturated carbocycles. The lowest BCUT2D eigenvalue weighted by Gasteiger charge is -2.31. The van der Waals surface area contributed by atoms with Crippen LogP contribution in [0.2, 0.25) is 0 Å². The smallest absolute Gasteiger partial charge is 0.346 e. The number of ether oxygens (including phenoxy) is 2. The van der Waals surface area contributed by atoms with Crippen molar-refractivity contribution in [1.29, 1.82) is 0 Å². The molecule has 0 spiro atoms. The molecule has 0 unspecified atom stereocenters. The van der Waals surface area contributed by atoms with Crippen LogP contribution >= 0.6 is 11.3 Å². The van der Waals surface area contributed by atoms with Crippen LogP contribution in [-0.4, -0.2) is 49.4 Å². The Bertz CT molecular complexity index is 1060. The van der Waals surface area contributed by atoms with Crippen LogP contribution in [-0.2, 0) is 29.1 Å². The van der Waals surface area contributed by atoms with Gasteiger partial charge in [-0.15, -0.1) is 0 Å². The predicted octanol–water partition coefficient (Wildman–Crippen LogP) is 2.38. The third-order valence-corrected chi connectivity index (χ3v) is 7.24. The molecule has 1 aliphatic rings. The van der Waals surface area contributed by atoms with Gasteiger partial charge < -0.3 is 14.8 Å². The molecule has 1 atom stereocenters. The third kappa shape index (κ3) is 3.79. The van der Waals surface area contributed by atoms with Gasteiger partial charge in [0.05, 0.1) is 18.1 Å². The fourth-order valence-electron chi connectivity index (χ4n) is 3.37.